The highest BCUT2D eigenvalue weighted by molar-refractivity contribution is 6.32. The van der Waals surface area contributed by atoms with Crippen molar-refractivity contribution < 1.29 is 0 Å². The number of rotatable bonds is 5. The lowest BCUT2D eigenvalue weighted by atomic mass is 9.83. The fourth-order valence-electron chi connectivity index (χ4n) is 2.13. The van der Waals surface area contributed by atoms with Crippen LogP contribution in [0.15, 0.2) is 11.0 Å². The van der Waals surface area contributed by atoms with Crippen molar-refractivity contribution in [1.82, 2.24) is 9.78 Å². The van der Waals surface area contributed by atoms with Crippen molar-refractivity contribution in [3.05, 3.63) is 21.6 Å². The largest absolute Gasteiger partial charge is 0.382 e. The van der Waals surface area contributed by atoms with Crippen molar-refractivity contribution in [2.75, 3.05) is 11.9 Å². The molecule has 5 heteroatoms. The zero-order chi connectivity index (χ0) is 13.1. The second-order valence-corrected chi connectivity index (χ2v) is 5.61. The van der Waals surface area contributed by atoms with Crippen molar-refractivity contribution in [2.45, 2.75) is 45.6 Å². The smallest absolute Gasteiger partial charge is 0.287 e. The standard InChI is InChI=1S/C13H20ClN3O/c1-9(2)17-13(18)12(14)11(8-16-17)15-7-6-10-4-3-5-10/h8-10,15H,3-7H2,1-2H3. The molecule has 0 saturated heterocycles. The van der Waals surface area contributed by atoms with E-state index in [1.807, 2.05) is 13.8 Å². The first-order valence-corrected chi connectivity index (χ1v) is 6.98. The molecule has 0 aliphatic heterocycles. The molecule has 0 radical (unpaired) electrons. The number of hydrogen-bond acceptors (Lipinski definition) is 3. The molecule has 100 valence electrons. The van der Waals surface area contributed by atoms with Crippen molar-refractivity contribution in [1.29, 1.82) is 0 Å². The molecule has 2 rings (SSSR count). The van der Waals surface area contributed by atoms with Gasteiger partial charge < -0.3 is 5.32 Å². The Bertz CT molecular complexity index is 466. The molecule has 1 fully saturated rings. The van der Waals surface area contributed by atoms with Gasteiger partial charge in [0.15, 0.2) is 0 Å². The number of anilines is 1. The summed E-state index contributed by atoms with van der Waals surface area (Å²) in [5, 5.41) is 7.58. The van der Waals surface area contributed by atoms with Crippen LogP contribution in [0.3, 0.4) is 0 Å². The van der Waals surface area contributed by atoms with Gasteiger partial charge in [0, 0.05) is 6.54 Å². The molecule has 18 heavy (non-hydrogen) atoms. The van der Waals surface area contributed by atoms with Crippen LogP contribution in [-0.2, 0) is 0 Å². The lowest BCUT2D eigenvalue weighted by molar-refractivity contribution is 0.303. The fraction of sp³-hybridized carbons (Fsp3) is 0.692. The Balaban J connectivity index is 2.00. The summed E-state index contributed by atoms with van der Waals surface area (Å²) in [5.41, 5.74) is 0.429. The molecule has 0 amide bonds. The van der Waals surface area contributed by atoms with Crippen LogP contribution < -0.4 is 10.9 Å². The second kappa shape index (κ2) is 5.74. The average molecular weight is 270 g/mol. The molecule has 1 aliphatic carbocycles. The molecule has 0 aromatic carbocycles. The summed E-state index contributed by atoms with van der Waals surface area (Å²) in [6, 6.07) is 0.0269. The Morgan fingerprint density at radius 3 is 2.83 bits per heavy atom. The molecule has 1 saturated carbocycles. The van der Waals surface area contributed by atoms with Crippen LogP contribution >= 0.6 is 11.6 Å². The Hall–Kier alpha value is -1.03. The summed E-state index contributed by atoms with van der Waals surface area (Å²) in [4.78, 5) is 11.9. The van der Waals surface area contributed by atoms with Gasteiger partial charge in [-0.15, -0.1) is 0 Å². The summed E-state index contributed by atoms with van der Waals surface area (Å²) >= 11 is 6.07. The monoisotopic (exact) mass is 269 g/mol. The van der Waals surface area contributed by atoms with Gasteiger partial charge in [0.2, 0.25) is 0 Å². The average Bonchev–Trinajstić information content (AvgIpc) is 2.27. The van der Waals surface area contributed by atoms with E-state index < -0.39 is 0 Å². The van der Waals surface area contributed by atoms with Crippen LogP contribution in [0.4, 0.5) is 5.69 Å². The normalized spacial score (nSPS) is 15.8. The summed E-state index contributed by atoms with van der Waals surface area (Å²) in [7, 11) is 0. The van der Waals surface area contributed by atoms with E-state index in [2.05, 4.69) is 10.4 Å². The Morgan fingerprint density at radius 1 is 1.56 bits per heavy atom. The maximum atomic E-state index is 11.9. The zero-order valence-corrected chi connectivity index (χ0v) is 11.7. The third-order valence-corrected chi connectivity index (χ3v) is 3.89. The highest BCUT2D eigenvalue weighted by Crippen LogP contribution is 2.29. The van der Waals surface area contributed by atoms with Crippen LogP contribution in [0.2, 0.25) is 5.02 Å². The predicted octanol–water partition coefficient (Wildman–Crippen LogP) is 3.08. The molecule has 1 heterocycles. The molecular weight excluding hydrogens is 250 g/mol. The topological polar surface area (TPSA) is 46.9 Å². The first-order chi connectivity index (χ1) is 8.59. The van der Waals surface area contributed by atoms with E-state index in [9.17, 15) is 4.79 Å². The second-order valence-electron chi connectivity index (χ2n) is 5.23. The summed E-state index contributed by atoms with van der Waals surface area (Å²) in [6.07, 6.45) is 6.82. The van der Waals surface area contributed by atoms with Crippen molar-refractivity contribution in [3.63, 3.8) is 0 Å². The maximum Gasteiger partial charge on any atom is 0.287 e. The third-order valence-electron chi connectivity index (χ3n) is 3.53. The quantitative estimate of drug-likeness (QED) is 0.894. The zero-order valence-electron chi connectivity index (χ0n) is 10.9. The van der Waals surface area contributed by atoms with Gasteiger partial charge >= 0.3 is 0 Å². The first-order valence-electron chi connectivity index (χ1n) is 6.60. The highest BCUT2D eigenvalue weighted by Gasteiger charge is 2.17. The van der Waals surface area contributed by atoms with Gasteiger partial charge in [-0.3, -0.25) is 4.79 Å². The van der Waals surface area contributed by atoms with Gasteiger partial charge in [-0.1, -0.05) is 30.9 Å². The van der Waals surface area contributed by atoms with Gasteiger partial charge in [0.1, 0.15) is 5.02 Å². The number of halogens is 1. The molecule has 1 aliphatic rings. The minimum Gasteiger partial charge on any atom is -0.382 e. The molecule has 1 N–H and O–H groups in total. The Morgan fingerprint density at radius 2 is 2.28 bits per heavy atom. The number of nitrogens with one attached hydrogen (secondary N) is 1. The van der Waals surface area contributed by atoms with E-state index in [-0.39, 0.29) is 16.6 Å². The maximum absolute atomic E-state index is 11.9. The van der Waals surface area contributed by atoms with Crippen LogP contribution in [0, 0.1) is 5.92 Å². The van der Waals surface area contributed by atoms with Gasteiger partial charge in [-0.25, -0.2) is 4.68 Å². The molecular formula is C13H20ClN3O. The summed E-state index contributed by atoms with van der Waals surface area (Å²) < 4.78 is 1.40. The fourth-order valence-corrected chi connectivity index (χ4v) is 2.33. The van der Waals surface area contributed by atoms with E-state index in [0.29, 0.717) is 5.69 Å². The lowest BCUT2D eigenvalue weighted by Crippen LogP contribution is -2.26. The minimum atomic E-state index is -0.222. The van der Waals surface area contributed by atoms with Crippen LogP contribution in [-0.4, -0.2) is 16.3 Å². The van der Waals surface area contributed by atoms with Gasteiger partial charge in [0.25, 0.3) is 5.56 Å². The highest BCUT2D eigenvalue weighted by atomic mass is 35.5. The molecule has 1 aromatic rings. The molecule has 0 bridgehead atoms. The van der Waals surface area contributed by atoms with Crippen molar-refractivity contribution >= 4 is 17.3 Å². The van der Waals surface area contributed by atoms with Crippen LogP contribution in [0.1, 0.15) is 45.6 Å². The van der Waals surface area contributed by atoms with E-state index in [1.54, 1.807) is 6.20 Å². The number of aromatic nitrogens is 2. The summed E-state index contributed by atoms with van der Waals surface area (Å²) in [5.74, 6) is 0.847. The van der Waals surface area contributed by atoms with Gasteiger partial charge in [0.05, 0.1) is 17.9 Å². The molecule has 0 spiro atoms. The van der Waals surface area contributed by atoms with E-state index in [4.69, 9.17) is 11.6 Å². The van der Waals surface area contributed by atoms with Gasteiger partial charge in [-0.2, -0.15) is 5.10 Å². The predicted molar refractivity (Wildman–Crippen MR) is 74.3 cm³/mol. The first kappa shape index (κ1) is 13.4. The Kier molecular flexibility index (Phi) is 4.27. The minimum absolute atomic E-state index is 0.0269. The molecule has 0 atom stereocenters. The van der Waals surface area contributed by atoms with Crippen LogP contribution in [0.5, 0.6) is 0 Å². The lowest BCUT2D eigenvalue weighted by Gasteiger charge is -2.25. The number of nitrogens with zero attached hydrogens (tertiary/aromatic N) is 2. The van der Waals surface area contributed by atoms with Crippen molar-refractivity contribution in [2.24, 2.45) is 5.92 Å². The molecule has 4 nitrogen and oxygen atoms in total. The third kappa shape index (κ3) is 2.86. The van der Waals surface area contributed by atoms with Gasteiger partial charge in [-0.05, 0) is 26.2 Å². The van der Waals surface area contributed by atoms with Crippen LogP contribution in [0.25, 0.3) is 0 Å². The van der Waals surface area contributed by atoms with Crippen molar-refractivity contribution in [3.8, 4) is 0 Å². The summed E-state index contributed by atoms with van der Waals surface area (Å²) in [6.45, 7) is 4.68. The Labute approximate surface area is 112 Å². The molecule has 1 aromatic heterocycles. The molecule has 0 unspecified atom stereocenters. The van der Waals surface area contributed by atoms with E-state index >= 15 is 0 Å². The van der Waals surface area contributed by atoms with E-state index in [0.717, 1.165) is 18.9 Å². The van der Waals surface area contributed by atoms with E-state index in [1.165, 1.54) is 23.9 Å². The SMILES string of the molecule is CC(C)n1ncc(NCCC2CCC2)c(Cl)c1=O. The number of hydrogen-bond donors (Lipinski definition) is 1.